The number of esters is 1. The van der Waals surface area contributed by atoms with Crippen molar-refractivity contribution in [3.63, 3.8) is 0 Å². The highest BCUT2D eigenvalue weighted by Gasteiger charge is 2.31. The first-order valence-corrected chi connectivity index (χ1v) is 8.83. The van der Waals surface area contributed by atoms with Gasteiger partial charge in [0.2, 0.25) is 0 Å². The van der Waals surface area contributed by atoms with Crippen LogP contribution in [0.3, 0.4) is 0 Å². The summed E-state index contributed by atoms with van der Waals surface area (Å²) in [6.45, 7) is 6.87. The first-order valence-electron chi connectivity index (χ1n) is 8.83. The minimum Gasteiger partial charge on any atom is -0.497 e. The Morgan fingerprint density at radius 1 is 1.32 bits per heavy atom. The average molecular weight is 345 g/mol. The maximum absolute atomic E-state index is 11.8. The van der Waals surface area contributed by atoms with E-state index in [1.807, 2.05) is 32.0 Å². The van der Waals surface area contributed by atoms with E-state index in [-0.39, 0.29) is 5.97 Å². The van der Waals surface area contributed by atoms with Crippen LogP contribution in [0.1, 0.15) is 49.7 Å². The van der Waals surface area contributed by atoms with E-state index in [0.717, 1.165) is 36.5 Å². The molecule has 0 aliphatic heterocycles. The number of carbonyl (C=O) groups is 1. The highest BCUT2D eigenvalue weighted by molar-refractivity contribution is 5.88. The van der Waals surface area contributed by atoms with Crippen molar-refractivity contribution >= 4 is 11.8 Å². The molecule has 1 aliphatic carbocycles. The lowest BCUT2D eigenvalue weighted by Crippen LogP contribution is -2.25. The Hall–Kier alpha value is -2.50. The largest absolute Gasteiger partial charge is 0.497 e. The molecule has 1 N–H and O–H groups in total. The van der Waals surface area contributed by atoms with Crippen molar-refractivity contribution in [2.75, 3.05) is 18.6 Å². The zero-order chi connectivity index (χ0) is 18.2. The van der Waals surface area contributed by atoms with Crippen molar-refractivity contribution in [3.05, 3.63) is 41.6 Å². The maximum Gasteiger partial charge on any atom is 0.356 e. The van der Waals surface area contributed by atoms with Gasteiger partial charge in [0, 0.05) is 18.7 Å². The van der Waals surface area contributed by atoms with Gasteiger partial charge in [-0.25, -0.2) is 4.79 Å². The molecule has 1 fully saturated rings. The van der Waals surface area contributed by atoms with E-state index < -0.39 is 0 Å². The fourth-order valence-electron chi connectivity index (χ4n) is 2.52. The number of ether oxygens (including phenoxy) is 2. The van der Waals surface area contributed by atoms with Crippen LogP contribution in [0, 0.1) is 0 Å². The van der Waals surface area contributed by atoms with Gasteiger partial charge in [-0.2, -0.15) is 5.10 Å². The van der Waals surface area contributed by atoms with Crippen LogP contribution in [0.25, 0.3) is 0 Å². The summed E-state index contributed by atoms with van der Waals surface area (Å²) in [5.41, 5.74) is 1.54. The Morgan fingerprint density at radius 3 is 2.72 bits per heavy atom. The molecular weight excluding hydrogens is 318 g/mol. The standard InChI is InChI=1S/C17H21N3O3.C2H6/c1-3-23-17(21)15-10-16(19-18-15)20(13-7-8-13)11-12-5-4-6-14(9-12)22-2;1-2/h4-6,9-10,13H,3,7-8,11H2,1-2H3,(H,18,19);1-2H3. The molecule has 0 unspecified atom stereocenters. The van der Waals surface area contributed by atoms with E-state index in [0.29, 0.717) is 18.3 Å². The maximum atomic E-state index is 11.8. The lowest BCUT2D eigenvalue weighted by molar-refractivity contribution is 0.0519. The Labute approximate surface area is 149 Å². The Bertz CT molecular complexity index is 680. The van der Waals surface area contributed by atoms with Crippen molar-refractivity contribution in [1.29, 1.82) is 0 Å². The van der Waals surface area contributed by atoms with E-state index in [1.165, 1.54) is 0 Å². The minimum absolute atomic E-state index is 0.351. The number of H-pyrrole nitrogens is 1. The summed E-state index contributed by atoms with van der Waals surface area (Å²) in [5, 5.41) is 7.06. The van der Waals surface area contributed by atoms with E-state index >= 15 is 0 Å². The monoisotopic (exact) mass is 345 g/mol. The van der Waals surface area contributed by atoms with Gasteiger partial charge in [0.05, 0.1) is 13.7 Å². The highest BCUT2D eigenvalue weighted by atomic mass is 16.5. The highest BCUT2D eigenvalue weighted by Crippen LogP contribution is 2.32. The molecule has 1 aliphatic rings. The molecule has 3 rings (SSSR count). The van der Waals surface area contributed by atoms with E-state index in [2.05, 4.69) is 21.2 Å². The number of aromatic amines is 1. The van der Waals surface area contributed by atoms with Crippen molar-refractivity contribution in [2.24, 2.45) is 0 Å². The van der Waals surface area contributed by atoms with Gasteiger partial charge in [0.25, 0.3) is 0 Å². The Balaban J connectivity index is 0.00000109. The third-order valence-corrected chi connectivity index (χ3v) is 3.83. The third-order valence-electron chi connectivity index (χ3n) is 3.83. The molecule has 0 atom stereocenters. The molecule has 25 heavy (non-hydrogen) atoms. The first kappa shape index (κ1) is 18.8. The molecule has 0 amide bonds. The molecule has 1 aromatic carbocycles. The van der Waals surface area contributed by atoms with Crippen LogP contribution in [0.4, 0.5) is 5.82 Å². The summed E-state index contributed by atoms with van der Waals surface area (Å²) >= 11 is 0. The molecule has 0 saturated heterocycles. The predicted octanol–water partition coefficient (Wildman–Crippen LogP) is 3.79. The van der Waals surface area contributed by atoms with Crippen LogP contribution >= 0.6 is 0 Å². The van der Waals surface area contributed by atoms with Crippen LogP contribution in [0.5, 0.6) is 5.75 Å². The Kier molecular flexibility index (Phi) is 6.86. The van der Waals surface area contributed by atoms with Crippen LogP contribution < -0.4 is 9.64 Å². The number of hydrogen-bond donors (Lipinski definition) is 1. The summed E-state index contributed by atoms with van der Waals surface area (Å²) in [5.74, 6) is 1.24. The number of nitrogens with one attached hydrogen (secondary N) is 1. The van der Waals surface area contributed by atoms with Gasteiger partial charge in [0.15, 0.2) is 5.82 Å². The fraction of sp³-hybridized carbons (Fsp3) is 0.474. The van der Waals surface area contributed by atoms with Gasteiger partial charge in [0.1, 0.15) is 11.4 Å². The van der Waals surface area contributed by atoms with E-state index in [4.69, 9.17) is 9.47 Å². The molecule has 0 radical (unpaired) electrons. The molecule has 6 heteroatoms. The van der Waals surface area contributed by atoms with E-state index in [1.54, 1.807) is 20.1 Å². The summed E-state index contributed by atoms with van der Waals surface area (Å²) < 4.78 is 10.3. The number of benzene rings is 1. The number of nitrogens with zero attached hydrogens (tertiary/aromatic N) is 2. The molecule has 1 saturated carbocycles. The van der Waals surface area contributed by atoms with Gasteiger partial charge in [-0.3, -0.25) is 5.10 Å². The topological polar surface area (TPSA) is 67.4 Å². The van der Waals surface area contributed by atoms with Crippen molar-refractivity contribution in [3.8, 4) is 5.75 Å². The second kappa shape index (κ2) is 9.11. The van der Waals surface area contributed by atoms with Gasteiger partial charge < -0.3 is 14.4 Å². The first-order chi connectivity index (χ1) is 12.2. The average Bonchev–Trinajstić information content (AvgIpc) is 3.37. The molecule has 1 heterocycles. The van der Waals surface area contributed by atoms with Crippen LogP contribution in [0.2, 0.25) is 0 Å². The van der Waals surface area contributed by atoms with Gasteiger partial charge >= 0.3 is 5.97 Å². The zero-order valence-corrected chi connectivity index (χ0v) is 15.4. The SMILES string of the molecule is CC.CCOC(=O)c1cc(N(Cc2cccc(OC)c2)C2CC2)n[nH]1. The number of hydrogen-bond acceptors (Lipinski definition) is 5. The van der Waals surface area contributed by atoms with Crippen LogP contribution in [-0.4, -0.2) is 35.9 Å². The summed E-state index contributed by atoms with van der Waals surface area (Å²) in [4.78, 5) is 14.0. The van der Waals surface area contributed by atoms with Gasteiger partial charge in [-0.1, -0.05) is 26.0 Å². The number of aromatic nitrogens is 2. The molecule has 6 nitrogen and oxygen atoms in total. The van der Waals surface area contributed by atoms with Crippen LogP contribution in [0.15, 0.2) is 30.3 Å². The lowest BCUT2D eigenvalue weighted by atomic mass is 10.2. The number of carbonyl (C=O) groups excluding carboxylic acids is 1. The second-order valence-corrected chi connectivity index (χ2v) is 5.57. The molecule has 1 aromatic heterocycles. The zero-order valence-electron chi connectivity index (χ0n) is 15.4. The Morgan fingerprint density at radius 2 is 2.08 bits per heavy atom. The summed E-state index contributed by atoms with van der Waals surface area (Å²) in [6, 6.07) is 10.2. The van der Waals surface area contributed by atoms with Crippen LogP contribution in [-0.2, 0) is 11.3 Å². The lowest BCUT2D eigenvalue weighted by Gasteiger charge is -2.22. The number of rotatable bonds is 7. The molecule has 2 aromatic rings. The van der Waals surface area contributed by atoms with Gasteiger partial charge in [-0.05, 0) is 37.5 Å². The van der Waals surface area contributed by atoms with Crippen molar-refractivity contribution in [1.82, 2.24) is 10.2 Å². The number of anilines is 1. The normalized spacial score (nSPS) is 12.8. The molecule has 0 bridgehead atoms. The van der Waals surface area contributed by atoms with Crippen molar-refractivity contribution < 1.29 is 14.3 Å². The summed E-state index contributed by atoms with van der Waals surface area (Å²) in [7, 11) is 1.66. The molecule has 136 valence electrons. The third kappa shape index (κ3) is 4.98. The quantitative estimate of drug-likeness (QED) is 0.773. The summed E-state index contributed by atoms with van der Waals surface area (Å²) in [6.07, 6.45) is 2.29. The number of methoxy groups -OCH3 is 1. The van der Waals surface area contributed by atoms with E-state index in [9.17, 15) is 4.79 Å². The predicted molar refractivity (Wildman–Crippen MR) is 98.1 cm³/mol. The van der Waals surface area contributed by atoms with Gasteiger partial charge in [-0.15, -0.1) is 0 Å². The minimum atomic E-state index is -0.372. The fourth-order valence-corrected chi connectivity index (χ4v) is 2.52. The molecular formula is C19H27N3O3. The second-order valence-electron chi connectivity index (χ2n) is 5.57. The van der Waals surface area contributed by atoms with Crippen molar-refractivity contribution in [2.45, 2.75) is 46.2 Å². The smallest absolute Gasteiger partial charge is 0.356 e. The molecule has 0 spiro atoms.